The second-order valence-electron chi connectivity index (χ2n) is 3.86. The maximum Gasteiger partial charge on any atom is 0.303 e. The summed E-state index contributed by atoms with van der Waals surface area (Å²) < 4.78 is 0. The molecule has 1 heterocycles. The Morgan fingerprint density at radius 1 is 1.47 bits per heavy atom. The number of hydrogen-bond donors (Lipinski definition) is 1. The summed E-state index contributed by atoms with van der Waals surface area (Å²) in [6.07, 6.45) is 0.708. The average Bonchev–Trinajstić information content (AvgIpc) is 2.63. The average molecular weight is 256 g/mol. The molecule has 0 aliphatic rings. The highest BCUT2D eigenvalue weighted by Crippen LogP contribution is 2.14. The Labute approximate surface area is 104 Å². The molecule has 1 aromatic rings. The summed E-state index contributed by atoms with van der Waals surface area (Å²) in [4.78, 5) is 28.8. The van der Waals surface area contributed by atoms with E-state index in [2.05, 4.69) is 4.98 Å². The highest BCUT2D eigenvalue weighted by molar-refractivity contribution is 7.09. The van der Waals surface area contributed by atoms with E-state index < -0.39 is 5.97 Å². The van der Waals surface area contributed by atoms with E-state index in [1.165, 1.54) is 11.3 Å². The third-order valence-electron chi connectivity index (χ3n) is 2.43. The maximum atomic E-state index is 11.7. The number of amides is 1. The van der Waals surface area contributed by atoms with Crippen molar-refractivity contribution in [2.75, 3.05) is 7.05 Å². The maximum absolute atomic E-state index is 11.7. The van der Waals surface area contributed by atoms with Gasteiger partial charge < -0.3 is 10.0 Å². The van der Waals surface area contributed by atoms with Crippen LogP contribution in [-0.4, -0.2) is 33.9 Å². The zero-order valence-electron chi connectivity index (χ0n) is 9.97. The second kappa shape index (κ2) is 6.34. The Morgan fingerprint density at radius 2 is 2.18 bits per heavy atom. The van der Waals surface area contributed by atoms with Crippen LogP contribution >= 0.6 is 11.3 Å². The van der Waals surface area contributed by atoms with Crippen LogP contribution in [0, 0.1) is 6.92 Å². The van der Waals surface area contributed by atoms with Gasteiger partial charge in [-0.3, -0.25) is 9.59 Å². The van der Waals surface area contributed by atoms with Gasteiger partial charge in [-0.15, -0.1) is 11.3 Å². The van der Waals surface area contributed by atoms with Crippen LogP contribution in [0.3, 0.4) is 0 Å². The number of carbonyl (C=O) groups is 2. The minimum absolute atomic E-state index is 0.0287. The molecule has 0 aromatic carbocycles. The van der Waals surface area contributed by atoms with Crippen molar-refractivity contribution in [1.82, 2.24) is 9.88 Å². The molecule has 0 saturated carbocycles. The number of nitrogens with zero attached hydrogens (tertiary/aromatic N) is 2. The van der Waals surface area contributed by atoms with Gasteiger partial charge in [0.25, 0.3) is 0 Å². The molecule has 0 radical (unpaired) electrons. The molecule has 6 heteroatoms. The largest absolute Gasteiger partial charge is 0.481 e. The van der Waals surface area contributed by atoms with E-state index >= 15 is 0 Å². The SMILES string of the molecule is Cc1ncsc1CN(C)C(=O)CCCC(=O)O. The zero-order valence-corrected chi connectivity index (χ0v) is 10.8. The van der Waals surface area contributed by atoms with Crippen molar-refractivity contribution in [3.8, 4) is 0 Å². The molecule has 0 atom stereocenters. The first kappa shape index (κ1) is 13.6. The fraction of sp³-hybridized carbons (Fsp3) is 0.545. The number of hydrogen-bond acceptors (Lipinski definition) is 4. The van der Waals surface area contributed by atoms with E-state index in [-0.39, 0.29) is 18.7 Å². The van der Waals surface area contributed by atoms with Gasteiger partial charge in [-0.1, -0.05) is 0 Å². The number of aliphatic carboxylic acids is 1. The van der Waals surface area contributed by atoms with Crippen molar-refractivity contribution in [2.24, 2.45) is 0 Å². The Bertz CT molecular complexity index is 403. The van der Waals surface area contributed by atoms with E-state index in [1.54, 1.807) is 17.5 Å². The number of thiazole rings is 1. The van der Waals surface area contributed by atoms with E-state index in [4.69, 9.17) is 5.11 Å². The molecule has 0 fully saturated rings. The van der Waals surface area contributed by atoms with Crippen LogP contribution in [0.15, 0.2) is 5.51 Å². The van der Waals surface area contributed by atoms with E-state index in [0.29, 0.717) is 13.0 Å². The third kappa shape index (κ3) is 4.52. The number of rotatable bonds is 6. The van der Waals surface area contributed by atoms with Crippen LogP contribution in [-0.2, 0) is 16.1 Å². The van der Waals surface area contributed by atoms with E-state index in [9.17, 15) is 9.59 Å². The molecule has 0 aliphatic heterocycles. The lowest BCUT2D eigenvalue weighted by atomic mass is 10.2. The molecule has 94 valence electrons. The third-order valence-corrected chi connectivity index (χ3v) is 3.35. The molecule has 5 nitrogen and oxygen atoms in total. The topological polar surface area (TPSA) is 70.5 Å². The summed E-state index contributed by atoms with van der Waals surface area (Å²) in [5.41, 5.74) is 2.70. The van der Waals surface area contributed by atoms with Crippen LogP contribution < -0.4 is 0 Å². The van der Waals surface area contributed by atoms with Gasteiger partial charge in [0.1, 0.15) is 0 Å². The van der Waals surface area contributed by atoms with Crippen molar-refractivity contribution < 1.29 is 14.7 Å². The lowest BCUT2D eigenvalue weighted by Crippen LogP contribution is -2.25. The summed E-state index contributed by atoms with van der Waals surface area (Å²) in [5, 5.41) is 8.48. The summed E-state index contributed by atoms with van der Waals surface area (Å²) >= 11 is 1.52. The fourth-order valence-corrected chi connectivity index (χ4v) is 2.19. The van der Waals surface area contributed by atoms with Crippen molar-refractivity contribution >= 4 is 23.2 Å². The molecule has 1 amide bonds. The Kier molecular flexibility index (Phi) is 5.09. The summed E-state index contributed by atoms with van der Waals surface area (Å²) in [6.45, 7) is 2.46. The lowest BCUT2D eigenvalue weighted by molar-refractivity contribution is -0.137. The molecule has 0 saturated heterocycles. The normalized spacial score (nSPS) is 10.2. The second-order valence-corrected chi connectivity index (χ2v) is 4.80. The highest BCUT2D eigenvalue weighted by Gasteiger charge is 2.12. The smallest absolute Gasteiger partial charge is 0.303 e. The van der Waals surface area contributed by atoms with Crippen LogP contribution in [0.4, 0.5) is 0 Å². The minimum atomic E-state index is -0.862. The standard InChI is InChI=1S/C11H16N2O3S/c1-8-9(17-7-12-8)6-13(2)10(14)4-3-5-11(15)16/h7H,3-6H2,1-2H3,(H,15,16). The first-order valence-electron chi connectivity index (χ1n) is 5.35. The minimum Gasteiger partial charge on any atom is -0.481 e. The van der Waals surface area contributed by atoms with Crippen LogP contribution in [0.2, 0.25) is 0 Å². The Morgan fingerprint density at radius 3 is 2.71 bits per heavy atom. The molecule has 1 rings (SSSR count). The molecule has 0 spiro atoms. The Balaban J connectivity index is 2.37. The van der Waals surface area contributed by atoms with Gasteiger partial charge in [0.2, 0.25) is 5.91 Å². The molecular formula is C11H16N2O3S. The molecule has 17 heavy (non-hydrogen) atoms. The molecule has 0 bridgehead atoms. The predicted octanol–water partition coefficient (Wildman–Crippen LogP) is 1.66. The van der Waals surface area contributed by atoms with Gasteiger partial charge >= 0.3 is 5.97 Å². The van der Waals surface area contributed by atoms with Gasteiger partial charge in [-0.05, 0) is 13.3 Å². The lowest BCUT2D eigenvalue weighted by Gasteiger charge is -2.16. The summed E-state index contributed by atoms with van der Waals surface area (Å²) in [6, 6.07) is 0. The first-order valence-corrected chi connectivity index (χ1v) is 6.23. The van der Waals surface area contributed by atoms with Gasteiger partial charge in [-0.2, -0.15) is 0 Å². The molecule has 0 unspecified atom stereocenters. The number of carboxylic acid groups (broad SMARTS) is 1. The van der Waals surface area contributed by atoms with Crippen LogP contribution in [0.25, 0.3) is 0 Å². The van der Waals surface area contributed by atoms with Crippen molar-refractivity contribution in [1.29, 1.82) is 0 Å². The fourth-order valence-electron chi connectivity index (χ4n) is 1.36. The highest BCUT2D eigenvalue weighted by atomic mass is 32.1. The number of aromatic nitrogens is 1. The molecule has 0 aliphatic carbocycles. The van der Waals surface area contributed by atoms with Gasteiger partial charge in [0.15, 0.2) is 0 Å². The summed E-state index contributed by atoms with van der Waals surface area (Å²) in [7, 11) is 1.72. The molecular weight excluding hydrogens is 240 g/mol. The zero-order chi connectivity index (χ0) is 12.8. The summed E-state index contributed by atoms with van der Waals surface area (Å²) in [5.74, 6) is -0.891. The van der Waals surface area contributed by atoms with Gasteiger partial charge in [0.05, 0.1) is 17.7 Å². The predicted molar refractivity (Wildman–Crippen MR) is 64.8 cm³/mol. The number of carbonyl (C=O) groups excluding carboxylic acids is 1. The van der Waals surface area contributed by atoms with Gasteiger partial charge in [0, 0.05) is 24.8 Å². The Hall–Kier alpha value is -1.43. The van der Waals surface area contributed by atoms with E-state index in [1.807, 2.05) is 6.92 Å². The van der Waals surface area contributed by atoms with Crippen LogP contribution in [0.1, 0.15) is 29.8 Å². The first-order chi connectivity index (χ1) is 8.00. The van der Waals surface area contributed by atoms with Crippen molar-refractivity contribution in [3.05, 3.63) is 16.1 Å². The van der Waals surface area contributed by atoms with Crippen molar-refractivity contribution in [3.63, 3.8) is 0 Å². The van der Waals surface area contributed by atoms with Gasteiger partial charge in [-0.25, -0.2) is 4.98 Å². The number of aryl methyl sites for hydroxylation is 1. The molecule has 1 aromatic heterocycles. The number of carboxylic acids is 1. The molecule has 1 N–H and O–H groups in total. The van der Waals surface area contributed by atoms with Crippen LogP contribution in [0.5, 0.6) is 0 Å². The monoisotopic (exact) mass is 256 g/mol. The quantitative estimate of drug-likeness (QED) is 0.840. The van der Waals surface area contributed by atoms with Crippen molar-refractivity contribution in [2.45, 2.75) is 32.7 Å². The van der Waals surface area contributed by atoms with E-state index in [0.717, 1.165) is 10.6 Å².